The summed E-state index contributed by atoms with van der Waals surface area (Å²) in [5, 5.41) is 6.35. The van der Waals surface area contributed by atoms with Gasteiger partial charge in [0.25, 0.3) is 5.91 Å². The van der Waals surface area contributed by atoms with Gasteiger partial charge in [0.15, 0.2) is 0 Å². The molecular formula is C18H20N2O. The van der Waals surface area contributed by atoms with Gasteiger partial charge >= 0.3 is 0 Å². The minimum absolute atomic E-state index is 0.0316. The Balaban J connectivity index is 1.87. The number of amides is 1. The van der Waals surface area contributed by atoms with E-state index in [1.165, 1.54) is 16.8 Å². The zero-order chi connectivity index (χ0) is 15.0. The Morgan fingerprint density at radius 1 is 1.10 bits per heavy atom. The van der Waals surface area contributed by atoms with Gasteiger partial charge in [-0.05, 0) is 62.1 Å². The summed E-state index contributed by atoms with van der Waals surface area (Å²) in [5.74, 6) is -0.0316. The molecule has 0 bridgehead atoms. The van der Waals surface area contributed by atoms with Crippen LogP contribution in [0.5, 0.6) is 0 Å². The molecule has 2 aromatic rings. The number of hydrogen-bond acceptors (Lipinski definition) is 2. The third-order valence-corrected chi connectivity index (χ3v) is 3.98. The summed E-state index contributed by atoms with van der Waals surface area (Å²) in [6.45, 7) is 7.00. The summed E-state index contributed by atoms with van der Waals surface area (Å²) < 4.78 is 0. The van der Waals surface area contributed by atoms with Crippen molar-refractivity contribution in [2.45, 2.75) is 27.2 Å². The number of rotatable bonds is 2. The van der Waals surface area contributed by atoms with Gasteiger partial charge < -0.3 is 10.6 Å². The summed E-state index contributed by atoms with van der Waals surface area (Å²) >= 11 is 0. The molecule has 1 aliphatic heterocycles. The topological polar surface area (TPSA) is 41.1 Å². The molecule has 2 N–H and O–H groups in total. The lowest BCUT2D eigenvalue weighted by atomic mass is 9.99. The Labute approximate surface area is 125 Å². The largest absolute Gasteiger partial charge is 0.384 e. The predicted octanol–water partition coefficient (Wildman–Crippen LogP) is 3.83. The van der Waals surface area contributed by atoms with Crippen LogP contribution in [-0.2, 0) is 6.42 Å². The highest BCUT2D eigenvalue weighted by Crippen LogP contribution is 2.26. The van der Waals surface area contributed by atoms with E-state index in [0.29, 0.717) is 0 Å². The van der Waals surface area contributed by atoms with Crippen LogP contribution in [0.25, 0.3) is 0 Å². The van der Waals surface area contributed by atoms with E-state index in [9.17, 15) is 4.79 Å². The molecule has 3 heteroatoms. The van der Waals surface area contributed by atoms with Crippen LogP contribution in [-0.4, -0.2) is 12.5 Å². The Kier molecular flexibility index (Phi) is 3.42. The second-order valence-electron chi connectivity index (χ2n) is 5.78. The number of fused-ring (bicyclic) bond motifs is 1. The van der Waals surface area contributed by atoms with Crippen LogP contribution >= 0.6 is 0 Å². The van der Waals surface area contributed by atoms with E-state index in [1.54, 1.807) is 0 Å². The minimum Gasteiger partial charge on any atom is -0.384 e. The van der Waals surface area contributed by atoms with Crippen molar-refractivity contribution in [1.29, 1.82) is 0 Å². The molecule has 1 heterocycles. The van der Waals surface area contributed by atoms with E-state index < -0.39 is 0 Å². The van der Waals surface area contributed by atoms with Crippen molar-refractivity contribution in [3.8, 4) is 0 Å². The molecule has 21 heavy (non-hydrogen) atoms. The number of anilines is 2. The van der Waals surface area contributed by atoms with E-state index in [1.807, 2.05) is 26.0 Å². The molecule has 0 radical (unpaired) electrons. The normalized spacial score (nSPS) is 12.7. The third-order valence-electron chi connectivity index (χ3n) is 3.98. The van der Waals surface area contributed by atoms with E-state index in [4.69, 9.17) is 0 Å². The van der Waals surface area contributed by atoms with Crippen LogP contribution in [0.1, 0.15) is 32.6 Å². The summed E-state index contributed by atoms with van der Waals surface area (Å²) in [6.07, 6.45) is 1.02. The zero-order valence-corrected chi connectivity index (χ0v) is 12.7. The average molecular weight is 280 g/mol. The highest BCUT2D eigenvalue weighted by atomic mass is 16.1. The number of nitrogens with one attached hydrogen (secondary N) is 2. The molecule has 3 rings (SSSR count). The first-order valence-corrected chi connectivity index (χ1v) is 7.30. The first-order chi connectivity index (χ1) is 10.0. The van der Waals surface area contributed by atoms with E-state index >= 15 is 0 Å². The van der Waals surface area contributed by atoms with Crippen molar-refractivity contribution in [3.05, 3.63) is 58.1 Å². The van der Waals surface area contributed by atoms with Gasteiger partial charge in [0.1, 0.15) is 0 Å². The van der Waals surface area contributed by atoms with Crippen LogP contribution < -0.4 is 10.6 Å². The summed E-state index contributed by atoms with van der Waals surface area (Å²) in [7, 11) is 0. The molecule has 1 amide bonds. The molecule has 0 spiro atoms. The molecule has 0 saturated carbocycles. The smallest absolute Gasteiger partial charge is 0.256 e. The molecule has 2 aromatic carbocycles. The fraction of sp³-hybridized carbons (Fsp3) is 0.278. The SMILES string of the molecule is Cc1cc(C)c(C(=O)Nc2ccc3c(c2)CCN3)c(C)c1. The molecule has 0 saturated heterocycles. The molecule has 3 nitrogen and oxygen atoms in total. The highest BCUT2D eigenvalue weighted by Gasteiger charge is 2.15. The molecule has 0 fully saturated rings. The Morgan fingerprint density at radius 3 is 2.52 bits per heavy atom. The highest BCUT2D eigenvalue weighted by molar-refractivity contribution is 6.06. The third kappa shape index (κ3) is 2.64. The van der Waals surface area contributed by atoms with Gasteiger partial charge in [-0.3, -0.25) is 4.79 Å². The quantitative estimate of drug-likeness (QED) is 0.877. The number of carbonyl (C=O) groups is 1. The van der Waals surface area contributed by atoms with E-state index in [0.717, 1.165) is 35.3 Å². The van der Waals surface area contributed by atoms with Crippen molar-refractivity contribution in [2.75, 3.05) is 17.2 Å². The maximum atomic E-state index is 12.5. The number of benzene rings is 2. The van der Waals surface area contributed by atoms with Gasteiger partial charge in [-0.15, -0.1) is 0 Å². The summed E-state index contributed by atoms with van der Waals surface area (Å²) in [5.41, 5.74) is 7.31. The van der Waals surface area contributed by atoms with Crippen LogP contribution in [0.2, 0.25) is 0 Å². The average Bonchev–Trinajstić information content (AvgIpc) is 2.84. The standard InChI is InChI=1S/C18H20N2O/c1-11-8-12(2)17(13(3)9-11)18(21)20-15-4-5-16-14(10-15)6-7-19-16/h4-5,8-10,19H,6-7H2,1-3H3,(H,20,21). The molecule has 0 atom stereocenters. The predicted molar refractivity (Wildman–Crippen MR) is 87.2 cm³/mol. The molecule has 0 aromatic heterocycles. The lowest BCUT2D eigenvalue weighted by Crippen LogP contribution is -2.15. The van der Waals surface area contributed by atoms with Crippen molar-refractivity contribution in [1.82, 2.24) is 0 Å². The van der Waals surface area contributed by atoms with Crippen molar-refractivity contribution >= 4 is 17.3 Å². The van der Waals surface area contributed by atoms with Crippen LogP contribution in [0.3, 0.4) is 0 Å². The minimum atomic E-state index is -0.0316. The molecular weight excluding hydrogens is 260 g/mol. The molecule has 1 aliphatic rings. The van der Waals surface area contributed by atoms with Gasteiger partial charge in [-0.1, -0.05) is 17.7 Å². The number of carbonyl (C=O) groups excluding carboxylic acids is 1. The Bertz CT molecular complexity index is 696. The van der Waals surface area contributed by atoms with E-state index in [2.05, 4.69) is 35.8 Å². The maximum Gasteiger partial charge on any atom is 0.256 e. The van der Waals surface area contributed by atoms with E-state index in [-0.39, 0.29) is 5.91 Å². The first-order valence-electron chi connectivity index (χ1n) is 7.30. The second-order valence-corrected chi connectivity index (χ2v) is 5.78. The lowest BCUT2D eigenvalue weighted by molar-refractivity contribution is 0.102. The fourth-order valence-electron chi connectivity index (χ4n) is 3.11. The maximum absolute atomic E-state index is 12.5. The number of aryl methyl sites for hydroxylation is 3. The number of hydrogen-bond donors (Lipinski definition) is 2. The van der Waals surface area contributed by atoms with Crippen LogP contribution in [0.4, 0.5) is 11.4 Å². The summed E-state index contributed by atoms with van der Waals surface area (Å²) in [6, 6.07) is 10.1. The lowest BCUT2D eigenvalue weighted by Gasteiger charge is -2.12. The van der Waals surface area contributed by atoms with Gasteiger partial charge in [0.05, 0.1) is 0 Å². The van der Waals surface area contributed by atoms with Crippen molar-refractivity contribution < 1.29 is 4.79 Å². The molecule has 0 aliphatic carbocycles. The summed E-state index contributed by atoms with van der Waals surface area (Å²) in [4.78, 5) is 12.5. The monoisotopic (exact) mass is 280 g/mol. The molecule has 108 valence electrons. The first kappa shape index (κ1) is 13.7. The van der Waals surface area contributed by atoms with Crippen molar-refractivity contribution in [3.63, 3.8) is 0 Å². The van der Waals surface area contributed by atoms with Crippen LogP contribution in [0.15, 0.2) is 30.3 Å². The second kappa shape index (κ2) is 5.24. The van der Waals surface area contributed by atoms with Gasteiger partial charge in [0, 0.05) is 23.5 Å². The van der Waals surface area contributed by atoms with Crippen molar-refractivity contribution in [2.24, 2.45) is 0 Å². The zero-order valence-electron chi connectivity index (χ0n) is 12.7. The molecule has 0 unspecified atom stereocenters. The fourth-order valence-corrected chi connectivity index (χ4v) is 3.11. The Morgan fingerprint density at radius 2 is 1.81 bits per heavy atom. The van der Waals surface area contributed by atoms with Gasteiger partial charge in [0.2, 0.25) is 0 Å². The Hall–Kier alpha value is -2.29. The van der Waals surface area contributed by atoms with Crippen LogP contribution in [0, 0.1) is 20.8 Å². The van der Waals surface area contributed by atoms with Gasteiger partial charge in [-0.2, -0.15) is 0 Å². The van der Waals surface area contributed by atoms with Gasteiger partial charge in [-0.25, -0.2) is 0 Å².